The summed E-state index contributed by atoms with van der Waals surface area (Å²) in [4.78, 5) is 0. The molecule has 0 fully saturated rings. The van der Waals surface area contributed by atoms with Crippen LogP contribution in [-0.2, 0) is 6.42 Å². The molecule has 0 spiro atoms. The highest BCUT2D eigenvalue weighted by Gasteiger charge is 2.34. The fraction of sp³-hybridized carbons (Fsp3) is 0.571. The van der Waals surface area contributed by atoms with Crippen molar-refractivity contribution in [3.05, 3.63) is 29.8 Å². The van der Waals surface area contributed by atoms with Gasteiger partial charge < -0.3 is 5.32 Å². The second-order valence-corrected chi connectivity index (χ2v) is 4.74. The number of benzene rings is 1. The third-order valence-corrected chi connectivity index (χ3v) is 3.40. The molecule has 1 heterocycles. The SMILES string of the molecule is CCCC1(CCC)Cc2ccccc2N1. The maximum Gasteiger partial charge on any atom is 0.0414 e. The van der Waals surface area contributed by atoms with E-state index in [0.717, 1.165) is 0 Å². The van der Waals surface area contributed by atoms with Gasteiger partial charge >= 0.3 is 0 Å². The Morgan fingerprint density at radius 2 is 1.80 bits per heavy atom. The molecule has 82 valence electrons. The molecule has 0 aromatic heterocycles. The molecule has 0 atom stereocenters. The highest BCUT2D eigenvalue weighted by atomic mass is 15.0. The van der Waals surface area contributed by atoms with Crippen molar-refractivity contribution in [1.82, 2.24) is 0 Å². The highest BCUT2D eigenvalue weighted by molar-refractivity contribution is 5.58. The summed E-state index contributed by atoms with van der Waals surface area (Å²) in [6, 6.07) is 8.74. The van der Waals surface area contributed by atoms with Crippen LogP contribution in [0.15, 0.2) is 24.3 Å². The van der Waals surface area contributed by atoms with Gasteiger partial charge in [-0.05, 0) is 30.9 Å². The van der Waals surface area contributed by atoms with Crippen LogP contribution >= 0.6 is 0 Å². The van der Waals surface area contributed by atoms with Crippen LogP contribution in [0.2, 0.25) is 0 Å². The molecule has 1 heteroatoms. The van der Waals surface area contributed by atoms with E-state index in [1.807, 2.05) is 0 Å². The first-order valence-electron chi connectivity index (χ1n) is 6.16. The average molecular weight is 203 g/mol. The Balaban J connectivity index is 2.19. The Kier molecular flexibility index (Phi) is 2.99. The third-order valence-electron chi connectivity index (χ3n) is 3.40. The molecule has 0 bridgehead atoms. The van der Waals surface area contributed by atoms with E-state index in [2.05, 4.69) is 43.4 Å². The van der Waals surface area contributed by atoms with Crippen molar-refractivity contribution in [2.45, 2.75) is 51.5 Å². The lowest BCUT2D eigenvalue weighted by Gasteiger charge is -2.29. The van der Waals surface area contributed by atoms with Crippen LogP contribution in [-0.4, -0.2) is 5.54 Å². The van der Waals surface area contributed by atoms with E-state index in [-0.39, 0.29) is 0 Å². The number of rotatable bonds is 4. The van der Waals surface area contributed by atoms with Crippen molar-refractivity contribution in [3.8, 4) is 0 Å². The van der Waals surface area contributed by atoms with Gasteiger partial charge in [0.05, 0.1) is 0 Å². The smallest absolute Gasteiger partial charge is 0.0414 e. The van der Waals surface area contributed by atoms with Crippen molar-refractivity contribution >= 4 is 5.69 Å². The molecular formula is C14H21N. The molecule has 2 rings (SSSR count). The minimum atomic E-state index is 0.354. The molecule has 0 amide bonds. The fourth-order valence-corrected chi connectivity index (χ4v) is 2.87. The molecule has 1 aliphatic rings. The van der Waals surface area contributed by atoms with Crippen molar-refractivity contribution in [1.29, 1.82) is 0 Å². The fourth-order valence-electron chi connectivity index (χ4n) is 2.87. The molecular weight excluding hydrogens is 182 g/mol. The number of fused-ring (bicyclic) bond motifs is 1. The van der Waals surface area contributed by atoms with E-state index in [1.165, 1.54) is 43.4 Å². The first-order valence-corrected chi connectivity index (χ1v) is 6.16. The molecule has 1 nitrogen and oxygen atoms in total. The van der Waals surface area contributed by atoms with Gasteiger partial charge in [-0.15, -0.1) is 0 Å². The van der Waals surface area contributed by atoms with Gasteiger partial charge in [0.2, 0.25) is 0 Å². The molecule has 0 unspecified atom stereocenters. The van der Waals surface area contributed by atoms with Gasteiger partial charge in [-0.3, -0.25) is 0 Å². The topological polar surface area (TPSA) is 12.0 Å². The molecule has 0 radical (unpaired) electrons. The van der Waals surface area contributed by atoms with E-state index in [4.69, 9.17) is 0 Å². The summed E-state index contributed by atoms with van der Waals surface area (Å²) in [6.07, 6.45) is 6.32. The summed E-state index contributed by atoms with van der Waals surface area (Å²) in [5, 5.41) is 3.75. The van der Waals surface area contributed by atoms with E-state index < -0.39 is 0 Å². The second-order valence-electron chi connectivity index (χ2n) is 4.74. The van der Waals surface area contributed by atoms with Crippen molar-refractivity contribution in [2.24, 2.45) is 0 Å². The first kappa shape index (κ1) is 10.5. The maximum atomic E-state index is 3.75. The number of nitrogens with one attached hydrogen (secondary N) is 1. The maximum absolute atomic E-state index is 3.75. The highest BCUT2D eigenvalue weighted by Crippen LogP contribution is 2.37. The Bertz CT molecular complexity index is 297. The standard InChI is InChI=1S/C14H21N/c1-3-9-14(10-4-2)11-12-7-5-6-8-13(12)15-14/h5-8,15H,3-4,9-11H2,1-2H3. The zero-order chi connectivity index (χ0) is 10.7. The quantitative estimate of drug-likeness (QED) is 0.780. The van der Waals surface area contributed by atoms with Gasteiger partial charge in [-0.25, -0.2) is 0 Å². The molecule has 1 aromatic rings. The Morgan fingerprint density at radius 3 is 2.40 bits per heavy atom. The lowest BCUT2D eigenvalue weighted by Crippen LogP contribution is -2.35. The van der Waals surface area contributed by atoms with Gasteiger partial charge in [0.15, 0.2) is 0 Å². The van der Waals surface area contributed by atoms with Crippen molar-refractivity contribution in [2.75, 3.05) is 5.32 Å². The van der Waals surface area contributed by atoms with Crippen LogP contribution in [0.3, 0.4) is 0 Å². The average Bonchev–Trinajstić information content (AvgIpc) is 2.56. The summed E-state index contributed by atoms with van der Waals surface area (Å²) in [5.41, 5.74) is 3.21. The zero-order valence-electron chi connectivity index (χ0n) is 9.84. The minimum absolute atomic E-state index is 0.354. The van der Waals surface area contributed by atoms with Gasteiger partial charge in [-0.2, -0.15) is 0 Å². The van der Waals surface area contributed by atoms with Crippen molar-refractivity contribution in [3.63, 3.8) is 0 Å². The number of para-hydroxylation sites is 1. The van der Waals surface area contributed by atoms with Crippen LogP contribution in [0.5, 0.6) is 0 Å². The summed E-state index contributed by atoms with van der Waals surface area (Å²) >= 11 is 0. The predicted octanol–water partition coefficient (Wildman–Crippen LogP) is 3.99. The van der Waals surface area contributed by atoms with E-state index in [1.54, 1.807) is 0 Å². The van der Waals surface area contributed by atoms with Gasteiger partial charge in [0.1, 0.15) is 0 Å². The van der Waals surface area contributed by atoms with E-state index in [9.17, 15) is 0 Å². The van der Waals surface area contributed by atoms with Gasteiger partial charge in [-0.1, -0.05) is 44.9 Å². The predicted molar refractivity (Wildman–Crippen MR) is 66.3 cm³/mol. The first-order chi connectivity index (χ1) is 7.29. The lowest BCUT2D eigenvalue weighted by molar-refractivity contribution is 0.405. The second kappa shape index (κ2) is 4.26. The van der Waals surface area contributed by atoms with Gasteiger partial charge in [0, 0.05) is 11.2 Å². The summed E-state index contributed by atoms with van der Waals surface area (Å²) in [5.74, 6) is 0. The third kappa shape index (κ3) is 2.01. The normalized spacial score (nSPS) is 17.2. The zero-order valence-corrected chi connectivity index (χ0v) is 9.84. The molecule has 0 aliphatic carbocycles. The number of hydrogen-bond acceptors (Lipinski definition) is 1. The molecule has 0 saturated heterocycles. The Labute approximate surface area is 92.9 Å². The van der Waals surface area contributed by atoms with Crippen LogP contribution in [0.1, 0.15) is 45.1 Å². The summed E-state index contributed by atoms with van der Waals surface area (Å²) < 4.78 is 0. The molecule has 15 heavy (non-hydrogen) atoms. The molecule has 0 saturated carbocycles. The molecule has 1 N–H and O–H groups in total. The molecule has 1 aliphatic heterocycles. The van der Waals surface area contributed by atoms with E-state index in [0.29, 0.717) is 5.54 Å². The van der Waals surface area contributed by atoms with Crippen LogP contribution in [0, 0.1) is 0 Å². The van der Waals surface area contributed by atoms with Gasteiger partial charge in [0.25, 0.3) is 0 Å². The van der Waals surface area contributed by atoms with Crippen LogP contribution in [0.25, 0.3) is 0 Å². The number of anilines is 1. The number of hydrogen-bond donors (Lipinski definition) is 1. The largest absolute Gasteiger partial charge is 0.379 e. The summed E-state index contributed by atoms with van der Waals surface area (Å²) in [7, 11) is 0. The minimum Gasteiger partial charge on any atom is -0.379 e. The Morgan fingerprint density at radius 1 is 1.13 bits per heavy atom. The lowest BCUT2D eigenvalue weighted by atomic mass is 9.86. The van der Waals surface area contributed by atoms with Crippen LogP contribution < -0.4 is 5.32 Å². The van der Waals surface area contributed by atoms with Crippen LogP contribution in [0.4, 0.5) is 5.69 Å². The van der Waals surface area contributed by atoms with E-state index >= 15 is 0 Å². The van der Waals surface area contributed by atoms with Crippen molar-refractivity contribution < 1.29 is 0 Å². The monoisotopic (exact) mass is 203 g/mol. The Hall–Kier alpha value is -0.980. The summed E-state index contributed by atoms with van der Waals surface area (Å²) in [6.45, 7) is 4.56. The molecule has 1 aromatic carbocycles.